The van der Waals surface area contributed by atoms with Crippen LogP contribution in [-0.2, 0) is 50.7 Å². The van der Waals surface area contributed by atoms with Crippen LogP contribution in [0.25, 0.3) is 11.2 Å². The van der Waals surface area contributed by atoms with Crippen LogP contribution in [0.4, 0.5) is 5.82 Å². The van der Waals surface area contributed by atoms with Crippen molar-refractivity contribution < 1.29 is 80.5 Å². The number of phosphoric ester groups is 3. The number of aliphatic hydroxyl groups excluding tert-OH is 2. The molecule has 2 amide bonds. The van der Waals surface area contributed by atoms with Gasteiger partial charge in [0.15, 0.2) is 22.8 Å². The van der Waals surface area contributed by atoms with Crippen molar-refractivity contribution in [3.05, 3.63) is 12.7 Å². The average molecular weight is 815 g/mol. The molecule has 288 valence electrons. The number of nitrogens with one attached hydrogen (secondary N) is 2. The summed E-state index contributed by atoms with van der Waals surface area (Å²) < 4.78 is 61.8. The number of ether oxygens (including phenoxy) is 1. The SMILES string of the molecule is C[17C](=O)SCCNC(=O)CCNC(=O)[C@H](O)C(C)(C)COP(=O)(O)OP(=O)(O)OC[C@H]1O[C@@H](n2cnc3c(N)ncnc32)[C@H](O)[C@@H]1OP(=O)(O)O. The van der Waals surface area contributed by atoms with E-state index in [0.29, 0.717) is 5.75 Å². The molecule has 3 heterocycles. The van der Waals surface area contributed by atoms with Crippen LogP contribution in [-0.4, -0.2) is 123 Å². The lowest BCUT2D eigenvalue weighted by Crippen LogP contribution is -2.46. The zero-order chi connectivity index (χ0) is 38.4. The summed E-state index contributed by atoms with van der Waals surface area (Å²) in [6, 6.07) is 0. The predicted octanol–water partition coefficient (Wildman–Crippen LogP) is -1.32. The zero-order valence-corrected chi connectivity index (χ0v) is 30.6. The summed E-state index contributed by atoms with van der Waals surface area (Å²) in [6.45, 7) is 1.90. The van der Waals surface area contributed by atoms with Crippen LogP contribution in [0.1, 0.15) is 33.4 Å². The van der Waals surface area contributed by atoms with Crippen molar-refractivity contribution in [1.82, 2.24) is 30.2 Å². The number of rotatable bonds is 19. The highest BCUT2D eigenvalue weighted by Crippen LogP contribution is 2.61. The first kappa shape index (κ1) is 43.0. The van der Waals surface area contributed by atoms with Crippen LogP contribution in [0.15, 0.2) is 12.7 Å². The molecule has 0 radical (unpaired) electrons. The van der Waals surface area contributed by atoms with Gasteiger partial charge in [-0.3, -0.25) is 32.5 Å². The molecule has 0 aliphatic carbocycles. The largest absolute Gasteiger partial charge is 0.481 e. The Morgan fingerprint density at radius 1 is 1.12 bits per heavy atom. The molecule has 1 aliphatic heterocycles. The van der Waals surface area contributed by atoms with Gasteiger partial charge in [-0.05, 0) is 0 Å². The van der Waals surface area contributed by atoms with Crippen LogP contribution >= 0.6 is 35.2 Å². The summed E-state index contributed by atoms with van der Waals surface area (Å²) in [4.78, 5) is 85.9. The van der Waals surface area contributed by atoms with Gasteiger partial charge in [-0.15, -0.1) is 0 Å². The van der Waals surface area contributed by atoms with Gasteiger partial charge in [0, 0.05) is 37.6 Å². The number of phosphoric acid groups is 3. The molecule has 0 bridgehead atoms. The van der Waals surface area contributed by atoms with Gasteiger partial charge in [0.25, 0.3) is 0 Å². The molecule has 0 saturated carbocycles. The lowest BCUT2D eigenvalue weighted by atomic mass is 9.87. The van der Waals surface area contributed by atoms with Crippen molar-refractivity contribution >= 4 is 69.1 Å². The van der Waals surface area contributed by atoms with E-state index in [1.54, 1.807) is 0 Å². The molecule has 2 unspecified atom stereocenters. The number of fused-ring (bicyclic) bond motifs is 1. The molecule has 2 aromatic heterocycles. The van der Waals surface area contributed by atoms with Gasteiger partial charge >= 0.3 is 23.5 Å². The molecule has 7 atom stereocenters. The Balaban J connectivity index is 1.55. The maximum absolute atomic E-state index is 12.6. The van der Waals surface area contributed by atoms with E-state index in [4.69, 9.17) is 19.5 Å². The van der Waals surface area contributed by atoms with E-state index < -0.39 is 84.6 Å². The second-order valence-electron chi connectivity index (χ2n) is 11.4. The number of carbonyl (C=O) groups excluding carboxylic acids is 3. The Hall–Kier alpha value is -2.44. The number of hydrogen-bond donors (Lipinski definition) is 9. The molecule has 3 rings (SSSR count). The molecule has 1 saturated heterocycles. The minimum Gasteiger partial charge on any atom is -0.386 e. The molecule has 0 spiro atoms. The van der Waals surface area contributed by atoms with E-state index in [2.05, 4.69) is 34.4 Å². The van der Waals surface area contributed by atoms with Gasteiger partial charge in [0.2, 0.25) is 11.8 Å². The van der Waals surface area contributed by atoms with Crippen molar-refractivity contribution in [2.75, 3.05) is 37.8 Å². The molecule has 2 aromatic rings. The van der Waals surface area contributed by atoms with Crippen LogP contribution in [0.3, 0.4) is 0 Å². The van der Waals surface area contributed by atoms with E-state index >= 15 is 0 Å². The fourth-order valence-corrected chi connectivity index (χ4v) is 7.65. The predicted molar refractivity (Wildman–Crippen MR) is 173 cm³/mol. The topological polar surface area (TPSA) is 364 Å². The Morgan fingerprint density at radius 3 is 2.43 bits per heavy atom. The Labute approximate surface area is 293 Å². The van der Waals surface area contributed by atoms with E-state index in [9.17, 15) is 57.9 Å². The third-order valence-electron chi connectivity index (χ3n) is 6.81. The van der Waals surface area contributed by atoms with Crippen LogP contribution in [0, 0.1) is 5.41 Å². The summed E-state index contributed by atoms with van der Waals surface area (Å²) in [5.74, 6) is -1.08. The number of nitrogen functional groups attached to an aromatic ring is 1. The van der Waals surface area contributed by atoms with Crippen molar-refractivity contribution in [3.63, 3.8) is 0 Å². The van der Waals surface area contributed by atoms with Crippen molar-refractivity contribution in [1.29, 1.82) is 0 Å². The minimum atomic E-state index is -5.56. The van der Waals surface area contributed by atoms with Crippen molar-refractivity contribution in [2.45, 2.75) is 57.8 Å². The number of amides is 2. The normalized spacial score (nSPS) is 22.6. The fourth-order valence-electron chi connectivity index (χ4n) is 4.32. The van der Waals surface area contributed by atoms with Crippen molar-refractivity contribution in [3.8, 4) is 0 Å². The number of nitrogens with two attached hydrogens (primary N) is 1. The van der Waals surface area contributed by atoms with E-state index in [-0.39, 0.29) is 41.6 Å². The van der Waals surface area contributed by atoms with Crippen LogP contribution < -0.4 is 16.4 Å². The molecular formula is C23H38N7O17P3S. The van der Waals surface area contributed by atoms with E-state index in [1.165, 1.54) is 20.8 Å². The highest BCUT2D eigenvalue weighted by molar-refractivity contribution is 8.13. The third-order valence-corrected chi connectivity index (χ3v) is 10.7. The van der Waals surface area contributed by atoms with Gasteiger partial charge in [-0.1, -0.05) is 25.6 Å². The number of carbonyl (C=O) groups is 3. The van der Waals surface area contributed by atoms with Gasteiger partial charge in [0.05, 0.1) is 19.5 Å². The summed E-state index contributed by atoms with van der Waals surface area (Å²) in [5, 5.41) is 26.1. The number of aromatic nitrogens is 4. The van der Waals surface area contributed by atoms with Crippen molar-refractivity contribution in [2.24, 2.45) is 5.41 Å². The van der Waals surface area contributed by atoms with E-state index in [1.807, 2.05) is 0 Å². The molecule has 24 nitrogen and oxygen atoms in total. The summed E-state index contributed by atoms with van der Waals surface area (Å²) in [6.07, 6.45) is -6.88. The molecule has 1 fully saturated rings. The first-order valence-electron chi connectivity index (χ1n) is 14.5. The zero-order valence-electron chi connectivity index (χ0n) is 27.1. The Morgan fingerprint density at radius 2 is 1.78 bits per heavy atom. The van der Waals surface area contributed by atoms with Gasteiger partial charge in [0.1, 0.15) is 36.3 Å². The number of anilines is 1. The second kappa shape index (κ2) is 17.6. The first-order valence-corrected chi connectivity index (χ1v) is 20.0. The molecule has 0 aromatic carbocycles. The van der Waals surface area contributed by atoms with Gasteiger partial charge < -0.3 is 50.9 Å². The molecular weight excluding hydrogens is 776 g/mol. The average Bonchev–Trinajstić information content (AvgIpc) is 3.57. The summed E-state index contributed by atoms with van der Waals surface area (Å²) >= 11 is 1.03. The smallest absolute Gasteiger partial charge is 0.386 e. The lowest BCUT2D eigenvalue weighted by molar-refractivity contribution is -0.137. The Kier molecular flexibility index (Phi) is 14.8. The summed E-state index contributed by atoms with van der Waals surface area (Å²) in [7, 11) is -16.4. The number of nitrogens with zero attached hydrogens (tertiary/aromatic N) is 4. The number of hydrogen-bond acceptors (Lipinski definition) is 18. The van der Waals surface area contributed by atoms with Crippen LogP contribution in [0.2, 0.25) is 0 Å². The summed E-state index contributed by atoms with van der Waals surface area (Å²) in [5.41, 5.74) is 4.26. The minimum absolute atomic E-state index is 0.0310. The quantitative estimate of drug-likeness (QED) is 0.0587. The molecule has 28 heteroatoms. The van der Waals surface area contributed by atoms with Crippen LogP contribution in [0.5, 0.6) is 0 Å². The van der Waals surface area contributed by atoms with E-state index in [0.717, 1.165) is 29.0 Å². The maximum atomic E-state index is 12.6. The molecule has 10 N–H and O–H groups in total. The Bertz CT molecular complexity index is 1710. The standard InChI is InChI=1S/C23H38N7O17P3S/c1-12(31)51-7-6-25-14(32)4-5-26-21(35)18(34)23(2,3)9-44-50(41,42)47-49(39,40)43-8-13-17(46-48(36,37)38)16(33)22(45-13)30-11-29-15-19(24)27-10-28-20(15)30/h10-11,13,16-18,22,33-34H,4-9H2,1-3H3,(H,25,32)(H,26,35)(H,39,40)(H,41,42)(H2,24,27,28)(H2,36,37,38)/t13-,16-,17-,18+,22-/m1/s1/i12+5. The van der Waals surface area contributed by atoms with Gasteiger partial charge in [-0.2, -0.15) is 4.31 Å². The maximum Gasteiger partial charge on any atom is 0.481 e. The molecule has 51 heavy (non-hydrogen) atoms. The second-order valence-corrected chi connectivity index (χ2v) is 16.9. The highest BCUT2D eigenvalue weighted by atomic mass is 32.2. The highest BCUT2D eigenvalue weighted by Gasteiger charge is 2.50. The molecule has 1 aliphatic rings. The lowest BCUT2D eigenvalue weighted by Gasteiger charge is -2.30. The third kappa shape index (κ3) is 12.9. The number of imidazole rings is 1. The number of thioether (sulfide) groups is 1. The fraction of sp³-hybridized carbons (Fsp3) is 0.652. The first-order chi connectivity index (χ1) is 23.5. The monoisotopic (exact) mass is 814 g/mol. The van der Waals surface area contributed by atoms with Gasteiger partial charge in [-0.25, -0.2) is 28.6 Å². The number of aliphatic hydroxyl groups is 2.